The number of carboxylic acids is 1. The second-order valence-corrected chi connectivity index (χ2v) is 10.9. The summed E-state index contributed by atoms with van der Waals surface area (Å²) >= 11 is 7.38. The summed E-state index contributed by atoms with van der Waals surface area (Å²) in [7, 11) is 0. The molecule has 4 heterocycles. The fourth-order valence-electron chi connectivity index (χ4n) is 4.74. The Kier molecular flexibility index (Phi) is 7.97. The van der Waals surface area contributed by atoms with Gasteiger partial charge >= 0.3 is 5.97 Å². The van der Waals surface area contributed by atoms with E-state index in [0.717, 1.165) is 0 Å². The van der Waals surface area contributed by atoms with Crippen molar-refractivity contribution in [2.24, 2.45) is 0 Å². The average Bonchev–Trinajstić information content (AvgIpc) is 3.67. The number of hydrogen-bond acceptors (Lipinski definition) is 11. The molecule has 1 aliphatic heterocycles. The summed E-state index contributed by atoms with van der Waals surface area (Å²) in [5.74, 6) is 1.30. The number of thiazole rings is 1. The van der Waals surface area contributed by atoms with Crippen LogP contribution in [0.1, 0.15) is 31.3 Å². The number of hydrogen-bond donors (Lipinski definition) is 4. The minimum Gasteiger partial charge on any atom is -0.479 e. The topological polar surface area (TPSA) is 165 Å². The predicted molar refractivity (Wildman–Crippen MR) is 150 cm³/mol. The molecule has 3 aromatic heterocycles. The van der Waals surface area contributed by atoms with Crippen LogP contribution in [0.2, 0.25) is 5.28 Å². The van der Waals surface area contributed by atoms with E-state index in [4.69, 9.17) is 27.5 Å². The van der Waals surface area contributed by atoms with Gasteiger partial charge in [0.1, 0.15) is 12.2 Å². The number of benzene rings is 1. The number of carboxylic acid groups (broad SMARTS) is 1. The van der Waals surface area contributed by atoms with Crippen LogP contribution < -0.4 is 5.32 Å². The highest BCUT2D eigenvalue weighted by Crippen LogP contribution is 2.40. The average molecular weight is 599 g/mol. The lowest BCUT2D eigenvalue weighted by Crippen LogP contribution is -2.50. The zero-order valence-corrected chi connectivity index (χ0v) is 23.6. The van der Waals surface area contributed by atoms with Crippen molar-refractivity contribution in [2.45, 2.75) is 55.9 Å². The number of aliphatic carboxylic acids is 1. The molecule has 1 aromatic carbocycles. The first-order chi connectivity index (χ1) is 19.6. The predicted octanol–water partition coefficient (Wildman–Crippen LogP) is 2.62. The fraction of sp³-hybridized carbons (Fsp3) is 0.370. The molecule has 5 rings (SSSR count). The van der Waals surface area contributed by atoms with Crippen LogP contribution in [0.4, 0.5) is 5.82 Å². The van der Waals surface area contributed by atoms with Crippen LogP contribution in [0.5, 0.6) is 0 Å². The third-order valence-electron chi connectivity index (χ3n) is 6.81. The van der Waals surface area contributed by atoms with Crippen LogP contribution >= 0.6 is 22.9 Å². The second kappa shape index (κ2) is 11.3. The zero-order valence-electron chi connectivity index (χ0n) is 22.0. The highest BCUT2D eigenvalue weighted by molar-refractivity contribution is 7.07. The quantitative estimate of drug-likeness (QED) is 0.157. The molecule has 41 heavy (non-hydrogen) atoms. The number of carbonyl (C=O) groups is 1. The van der Waals surface area contributed by atoms with E-state index in [-0.39, 0.29) is 29.1 Å². The maximum Gasteiger partial charge on any atom is 0.342 e. The number of fused-ring (bicyclic) bond motifs is 1. The Bertz CT molecular complexity index is 1580. The number of imidazole rings is 1. The van der Waals surface area contributed by atoms with E-state index in [0.29, 0.717) is 16.9 Å². The van der Waals surface area contributed by atoms with E-state index < -0.39 is 42.2 Å². The number of nitrogens with zero attached hydrogens (tertiary/aromatic N) is 5. The summed E-state index contributed by atoms with van der Waals surface area (Å²) < 4.78 is 13.5. The van der Waals surface area contributed by atoms with Crippen LogP contribution in [0.3, 0.4) is 0 Å². The lowest BCUT2D eigenvalue weighted by molar-refractivity contribution is -0.179. The number of aliphatic hydroxyl groups is 2. The Morgan fingerprint density at radius 1 is 1.34 bits per heavy atom. The smallest absolute Gasteiger partial charge is 0.342 e. The van der Waals surface area contributed by atoms with Gasteiger partial charge in [-0.15, -0.1) is 17.8 Å². The van der Waals surface area contributed by atoms with E-state index in [2.05, 4.69) is 31.2 Å². The van der Waals surface area contributed by atoms with Gasteiger partial charge in [-0.25, -0.2) is 14.8 Å². The van der Waals surface area contributed by atoms with Crippen LogP contribution in [0.25, 0.3) is 11.2 Å². The first-order valence-electron chi connectivity index (χ1n) is 12.6. The molecule has 0 spiro atoms. The highest BCUT2D eigenvalue weighted by Gasteiger charge is 2.57. The van der Waals surface area contributed by atoms with Crippen molar-refractivity contribution in [3.63, 3.8) is 0 Å². The van der Waals surface area contributed by atoms with Crippen LogP contribution in [-0.2, 0) is 26.3 Å². The van der Waals surface area contributed by atoms with Crippen molar-refractivity contribution < 1.29 is 29.6 Å². The van der Waals surface area contributed by atoms with Crippen molar-refractivity contribution in [3.05, 3.63) is 64.1 Å². The molecule has 1 saturated heterocycles. The normalized spacial score (nSPS) is 23.9. The molecular weight excluding hydrogens is 572 g/mol. The van der Waals surface area contributed by atoms with Gasteiger partial charge in [-0.1, -0.05) is 36.3 Å². The van der Waals surface area contributed by atoms with E-state index in [1.165, 1.54) is 27.7 Å². The van der Waals surface area contributed by atoms with Gasteiger partial charge in [0.15, 0.2) is 28.8 Å². The number of aliphatic hydroxyl groups excluding tert-OH is 1. The molecular formula is C27H27ClN6O6S. The monoisotopic (exact) mass is 598 g/mol. The molecule has 0 bridgehead atoms. The number of terminal acetylenes is 1. The van der Waals surface area contributed by atoms with Crippen molar-refractivity contribution in [1.29, 1.82) is 0 Å². The van der Waals surface area contributed by atoms with E-state index >= 15 is 0 Å². The maximum absolute atomic E-state index is 12.8. The Labute approximate surface area is 244 Å². The molecule has 1 fully saturated rings. The largest absolute Gasteiger partial charge is 0.479 e. The first kappa shape index (κ1) is 28.9. The van der Waals surface area contributed by atoms with Gasteiger partial charge in [0.2, 0.25) is 10.9 Å². The molecule has 4 N–H and O–H groups in total. The molecule has 14 heteroatoms. The molecule has 5 atom stereocenters. The summed E-state index contributed by atoms with van der Waals surface area (Å²) in [5, 5.41) is 37.7. The highest BCUT2D eigenvalue weighted by atomic mass is 35.5. The minimum atomic E-state index is -2.25. The number of ether oxygens (including phenoxy) is 2. The number of halogens is 1. The third-order valence-corrected chi connectivity index (χ3v) is 7.56. The molecule has 1 unspecified atom stereocenters. The van der Waals surface area contributed by atoms with Crippen LogP contribution in [-0.4, -0.2) is 76.2 Å². The molecule has 12 nitrogen and oxygen atoms in total. The third kappa shape index (κ3) is 5.26. The SMILES string of the molecule is C#C[C@@]1(O)[C@@H](COC(Cc2ccccc2)(C(=O)O)c2cscn2)O[C@@H](n2cnc3c(NC(C)C)nc(Cl)nc32)[C@@H]1O. The fourth-order valence-corrected chi connectivity index (χ4v) is 5.52. The van der Waals surface area contributed by atoms with Crippen LogP contribution in [0.15, 0.2) is 47.5 Å². The van der Waals surface area contributed by atoms with E-state index in [9.17, 15) is 20.1 Å². The van der Waals surface area contributed by atoms with E-state index in [1.54, 1.807) is 29.6 Å². The first-order valence-corrected chi connectivity index (χ1v) is 13.9. The maximum atomic E-state index is 12.8. The Balaban J connectivity index is 1.48. The van der Waals surface area contributed by atoms with Gasteiger partial charge in [-0.05, 0) is 31.0 Å². The number of nitrogens with one attached hydrogen (secondary N) is 1. The molecule has 1 aliphatic rings. The standard InChI is InChI=1S/C27H27ClN6O6S/c1-4-26(38)18(11-39-27(24(36)37,17-12-41-14-30-17)10-16-8-6-5-7-9-16)40-23(20(26)35)34-13-29-19-21(31-15(2)3)32-25(28)33-22(19)34/h1,5-9,12-15,18,20,23,35,38H,10-11H2,2-3H3,(H,36,37)(H,31,32,33)/t18-,20+,23-,26-,27?/m1/s1. The minimum absolute atomic E-state index is 0.0128. The van der Waals surface area contributed by atoms with Crippen molar-refractivity contribution in [3.8, 4) is 12.3 Å². The van der Waals surface area contributed by atoms with E-state index in [1.807, 2.05) is 19.9 Å². The van der Waals surface area contributed by atoms with Gasteiger partial charge in [-0.2, -0.15) is 9.97 Å². The summed E-state index contributed by atoms with van der Waals surface area (Å²) in [4.78, 5) is 29.8. The molecule has 4 aromatic rings. The van der Waals surface area contributed by atoms with Crippen molar-refractivity contribution in [1.82, 2.24) is 24.5 Å². The molecule has 0 aliphatic carbocycles. The second-order valence-electron chi connectivity index (χ2n) is 9.87. The lowest BCUT2D eigenvalue weighted by atomic mass is 9.90. The Hall–Kier alpha value is -3.64. The number of rotatable bonds is 10. The van der Waals surface area contributed by atoms with Crippen molar-refractivity contribution in [2.75, 3.05) is 11.9 Å². The summed E-state index contributed by atoms with van der Waals surface area (Å²) in [6.45, 7) is 3.34. The van der Waals surface area contributed by atoms with Gasteiger partial charge in [0.05, 0.1) is 24.1 Å². The molecule has 0 radical (unpaired) electrons. The molecule has 214 valence electrons. The Morgan fingerprint density at radius 2 is 2.10 bits per heavy atom. The van der Waals surface area contributed by atoms with Crippen LogP contribution in [0, 0.1) is 12.3 Å². The lowest BCUT2D eigenvalue weighted by Gasteiger charge is -2.32. The number of aromatic nitrogens is 5. The molecule has 0 amide bonds. The van der Waals surface area contributed by atoms with Crippen molar-refractivity contribution >= 4 is 45.9 Å². The zero-order chi connectivity index (χ0) is 29.4. The molecule has 0 saturated carbocycles. The number of anilines is 1. The summed E-state index contributed by atoms with van der Waals surface area (Å²) in [5.41, 5.74) is -1.23. The van der Waals surface area contributed by atoms with Gasteiger partial charge in [0.25, 0.3) is 0 Å². The van der Waals surface area contributed by atoms with Gasteiger partial charge < -0.3 is 30.1 Å². The van der Waals surface area contributed by atoms with Gasteiger partial charge in [-0.3, -0.25) is 4.57 Å². The summed E-state index contributed by atoms with van der Waals surface area (Å²) in [6, 6.07) is 8.95. The summed E-state index contributed by atoms with van der Waals surface area (Å²) in [6.07, 6.45) is 2.72. The Morgan fingerprint density at radius 3 is 2.73 bits per heavy atom. The van der Waals surface area contributed by atoms with Gasteiger partial charge in [0, 0.05) is 17.8 Å².